The molecule has 154 valence electrons. The number of aromatic nitrogens is 1. The van der Waals surface area contributed by atoms with Crippen LogP contribution in [0.25, 0.3) is 0 Å². The van der Waals surface area contributed by atoms with E-state index in [1.54, 1.807) is 6.20 Å². The van der Waals surface area contributed by atoms with Crippen LogP contribution in [-0.4, -0.2) is 24.8 Å². The SMILES string of the molecule is CN(C1(c2ncc(C(C)(C)C)o2)CC1)S(=O)(=O)c1ccc(C(F)(F)F)cc1Br. The Bertz CT molecular complexity index is 1010. The van der Waals surface area contributed by atoms with Crippen LogP contribution in [0.1, 0.15) is 50.8 Å². The lowest BCUT2D eigenvalue weighted by Gasteiger charge is -2.26. The molecule has 1 heterocycles. The van der Waals surface area contributed by atoms with Crippen molar-refractivity contribution in [2.45, 2.75) is 55.6 Å². The van der Waals surface area contributed by atoms with Crippen LogP contribution < -0.4 is 0 Å². The highest BCUT2D eigenvalue weighted by molar-refractivity contribution is 9.10. The van der Waals surface area contributed by atoms with E-state index in [4.69, 9.17) is 4.42 Å². The zero-order valence-electron chi connectivity index (χ0n) is 15.8. The highest BCUT2D eigenvalue weighted by Gasteiger charge is 2.57. The van der Waals surface area contributed by atoms with Gasteiger partial charge in [-0.25, -0.2) is 13.4 Å². The Labute approximate surface area is 170 Å². The minimum Gasteiger partial charge on any atom is -0.443 e. The summed E-state index contributed by atoms with van der Waals surface area (Å²) in [5.41, 5.74) is -2.13. The van der Waals surface area contributed by atoms with Crippen molar-refractivity contribution in [3.8, 4) is 0 Å². The van der Waals surface area contributed by atoms with Crippen molar-refractivity contribution in [1.82, 2.24) is 9.29 Å². The standard InChI is InChI=1S/C18H20BrF3N2O3S/c1-16(2,3)14-10-23-15(27-14)17(7-8-17)24(4)28(25,26)13-6-5-11(9-12(13)19)18(20,21)22/h5-6,9-10H,7-8H2,1-4H3. The Balaban J connectivity index is 1.97. The van der Waals surface area contributed by atoms with Gasteiger partial charge in [0, 0.05) is 16.9 Å². The normalized spacial score (nSPS) is 17.2. The number of sulfonamides is 1. The Morgan fingerprint density at radius 1 is 1.21 bits per heavy atom. The fourth-order valence-corrected chi connectivity index (χ4v) is 5.44. The fraction of sp³-hybridized carbons (Fsp3) is 0.500. The molecule has 0 atom stereocenters. The molecule has 10 heteroatoms. The van der Waals surface area contributed by atoms with Crippen LogP contribution in [0.4, 0.5) is 13.2 Å². The molecular weight excluding hydrogens is 461 g/mol. The lowest BCUT2D eigenvalue weighted by atomic mass is 9.94. The largest absolute Gasteiger partial charge is 0.443 e. The van der Waals surface area contributed by atoms with Gasteiger partial charge in [-0.3, -0.25) is 0 Å². The maximum Gasteiger partial charge on any atom is 0.416 e. The second kappa shape index (κ2) is 6.56. The third kappa shape index (κ3) is 3.61. The Kier molecular flexibility index (Phi) is 5.00. The number of oxazole rings is 1. The van der Waals surface area contributed by atoms with Gasteiger partial charge in [0.25, 0.3) is 0 Å². The second-order valence-electron chi connectivity index (χ2n) is 7.93. The first-order chi connectivity index (χ1) is 12.7. The van der Waals surface area contributed by atoms with Crippen LogP contribution in [0.3, 0.4) is 0 Å². The van der Waals surface area contributed by atoms with Gasteiger partial charge in [-0.2, -0.15) is 17.5 Å². The summed E-state index contributed by atoms with van der Waals surface area (Å²) in [6.07, 6.45) is -1.93. The van der Waals surface area contributed by atoms with Crippen molar-refractivity contribution in [3.05, 3.63) is 46.1 Å². The van der Waals surface area contributed by atoms with Crippen LogP contribution in [0, 0.1) is 0 Å². The second-order valence-corrected chi connectivity index (χ2v) is 10.7. The first-order valence-electron chi connectivity index (χ1n) is 8.52. The summed E-state index contributed by atoms with van der Waals surface area (Å²) >= 11 is 2.97. The number of halogens is 4. The van der Waals surface area contributed by atoms with Gasteiger partial charge in [0.1, 0.15) is 11.3 Å². The van der Waals surface area contributed by atoms with E-state index in [2.05, 4.69) is 20.9 Å². The Morgan fingerprint density at radius 2 is 1.82 bits per heavy atom. The molecule has 1 aliphatic carbocycles. The maximum atomic E-state index is 13.1. The molecule has 0 N–H and O–H groups in total. The van der Waals surface area contributed by atoms with E-state index in [0.29, 0.717) is 24.5 Å². The smallest absolute Gasteiger partial charge is 0.416 e. The molecule has 1 aromatic heterocycles. The zero-order valence-corrected chi connectivity index (χ0v) is 18.2. The van der Waals surface area contributed by atoms with Crippen molar-refractivity contribution in [3.63, 3.8) is 0 Å². The molecule has 0 spiro atoms. The van der Waals surface area contributed by atoms with E-state index >= 15 is 0 Å². The molecular formula is C18H20BrF3N2O3S. The molecule has 1 fully saturated rings. The molecule has 0 unspecified atom stereocenters. The van der Waals surface area contributed by atoms with Gasteiger partial charge in [0.15, 0.2) is 0 Å². The van der Waals surface area contributed by atoms with Gasteiger partial charge >= 0.3 is 6.18 Å². The zero-order chi connectivity index (χ0) is 21.1. The summed E-state index contributed by atoms with van der Waals surface area (Å²) in [7, 11) is -2.69. The van der Waals surface area contributed by atoms with Crippen molar-refractivity contribution in [2.75, 3.05) is 7.05 Å². The average Bonchev–Trinajstić information content (AvgIpc) is 3.20. The van der Waals surface area contributed by atoms with Crippen LogP contribution in [0.2, 0.25) is 0 Å². The maximum absolute atomic E-state index is 13.1. The molecule has 0 amide bonds. The van der Waals surface area contributed by atoms with Crippen LogP contribution in [0.15, 0.2) is 38.2 Å². The molecule has 0 aliphatic heterocycles. The quantitative estimate of drug-likeness (QED) is 0.613. The lowest BCUT2D eigenvalue weighted by molar-refractivity contribution is -0.137. The minimum atomic E-state index is -4.56. The molecule has 0 radical (unpaired) electrons. The number of hydrogen-bond acceptors (Lipinski definition) is 4. The number of alkyl halides is 3. The van der Waals surface area contributed by atoms with Crippen molar-refractivity contribution in [2.24, 2.45) is 0 Å². The average molecular weight is 481 g/mol. The molecule has 0 bridgehead atoms. The summed E-state index contributed by atoms with van der Waals surface area (Å²) in [5.74, 6) is 0.932. The summed E-state index contributed by atoms with van der Waals surface area (Å²) in [6.45, 7) is 5.86. The van der Waals surface area contributed by atoms with Gasteiger partial charge in [-0.15, -0.1) is 0 Å². The van der Waals surface area contributed by atoms with Gasteiger partial charge in [-0.05, 0) is 47.0 Å². The van der Waals surface area contributed by atoms with Gasteiger partial charge in [0.2, 0.25) is 15.9 Å². The Hall–Kier alpha value is -1.39. The molecule has 0 saturated heterocycles. The van der Waals surface area contributed by atoms with Crippen LogP contribution in [-0.2, 0) is 27.2 Å². The Morgan fingerprint density at radius 3 is 2.25 bits per heavy atom. The van der Waals surface area contributed by atoms with Gasteiger partial charge in [0.05, 0.1) is 16.7 Å². The van der Waals surface area contributed by atoms with E-state index in [0.717, 1.165) is 22.5 Å². The first-order valence-corrected chi connectivity index (χ1v) is 10.8. The van der Waals surface area contributed by atoms with Crippen LogP contribution in [0.5, 0.6) is 0 Å². The predicted octanol–water partition coefficient (Wildman–Crippen LogP) is 5.06. The fourth-order valence-electron chi connectivity index (χ4n) is 2.88. The topological polar surface area (TPSA) is 63.4 Å². The molecule has 2 aromatic rings. The molecule has 1 aromatic carbocycles. The van der Waals surface area contributed by atoms with E-state index < -0.39 is 27.3 Å². The summed E-state index contributed by atoms with van der Waals surface area (Å²) in [4.78, 5) is 4.04. The van der Waals surface area contributed by atoms with Crippen molar-refractivity contribution in [1.29, 1.82) is 0 Å². The molecule has 1 aliphatic rings. The summed E-state index contributed by atoms with van der Waals surface area (Å²) in [5, 5.41) is 0. The van der Waals surface area contributed by atoms with E-state index in [9.17, 15) is 21.6 Å². The molecule has 28 heavy (non-hydrogen) atoms. The summed E-state index contributed by atoms with van der Waals surface area (Å²) < 4.78 is 71.7. The van der Waals surface area contributed by atoms with Gasteiger partial charge in [-0.1, -0.05) is 20.8 Å². The molecule has 3 rings (SSSR count). The third-order valence-electron chi connectivity index (χ3n) is 4.87. The van der Waals surface area contributed by atoms with Crippen molar-refractivity contribution < 1.29 is 26.0 Å². The molecule has 5 nitrogen and oxygen atoms in total. The summed E-state index contributed by atoms with van der Waals surface area (Å²) in [6, 6.07) is 2.49. The van der Waals surface area contributed by atoms with E-state index in [1.807, 2.05) is 20.8 Å². The first kappa shape index (κ1) is 21.3. The third-order valence-corrected chi connectivity index (χ3v) is 7.77. The number of nitrogens with zero attached hydrogens (tertiary/aromatic N) is 2. The predicted molar refractivity (Wildman–Crippen MR) is 100 cm³/mol. The van der Waals surface area contributed by atoms with Crippen molar-refractivity contribution >= 4 is 26.0 Å². The monoisotopic (exact) mass is 480 g/mol. The van der Waals surface area contributed by atoms with E-state index in [-0.39, 0.29) is 14.8 Å². The lowest BCUT2D eigenvalue weighted by Crippen LogP contribution is -2.37. The number of hydrogen-bond donors (Lipinski definition) is 0. The highest BCUT2D eigenvalue weighted by atomic mass is 79.9. The van der Waals surface area contributed by atoms with E-state index in [1.165, 1.54) is 7.05 Å². The van der Waals surface area contributed by atoms with Crippen LogP contribution >= 0.6 is 15.9 Å². The number of benzene rings is 1. The highest BCUT2D eigenvalue weighted by Crippen LogP contribution is 2.52. The van der Waals surface area contributed by atoms with Gasteiger partial charge < -0.3 is 4.42 Å². The minimum absolute atomic E-state index is 0.146. The number of rotatable bonds is 4. The molecule has 1 saturated carbocycles.